The number of aryl methyl sites for hydroxylation is 1. The Morgan fingerprint density at radius 2 is 2.18 bits per heavy atom. The van der Waals surface area contributed by atoms with Gasteiger partial charge >= 0.3 is 0 Å². The first-order chi connectivity index (χ1) is 8.29. The fraction of sp³-hybridized carbons (Fsp3) is 0.214. The highest BCUT2D eigenvalue weighted by molar-refractivity contribution is 5.50. The average molecular weight is 227 g/mol. The zero-order valence-corrected chi connectivity index (χ0v) is 9.55. The van der Waals surface area contributed by atoms with Crippen LogP contribution < -0.4 is 4.74 Å². The van der Waals surface area contributed by atoms with Gasteiger partial charge in [-0.2, -0.15) is 0 Å². The molecule has 2 aromatic rings. The Morgan fingerprint density at radius 1 is 1.29 bits per heavy atom. The molecule has 1 aromatic heterocycles. The van der Waals surface area contributed by atoms with E-state index in [9.17, 15) is 5.11 Å². The van der Waals surface area contributed by atoms with Gasteiger partial charge in [-0.15, -0.1) is 0 Å². The van der Waals surface area contributed by atoms with Crippen LogP contribution in [0.1, 0.15) is 29.7 Å². The summed E-state index contributed by atoms with van der Waals surface area (Å²) in [5, 5.41) is 10.3. The Kier molecular flexibility index (Phi) is 2.34. The van der Waals surface area contributed by atoms with Crippen LogP contribution in [0.4, 0.5) is 0 Å². The van der Waals surface area contributed by atoms with E-state index >= 15 is 0 Å². The van der Waals surface area contributed by atoms with E-state index in [4.69, 9.17) is 4.74 Å². The molecule has 0 saturated carbocycles. The molecule has 1 aromatic carbocycles. The van der Waals surface area contributed by atoms with Crippen molar-refractivity contribution >= 4 is 0 Å². The number of hydrogen-bond donors (Lipinski definition) is 1. The zero-order valence-electron chi connectivity index (χ0n) is 9.55. The van der Waals surface area contributed by atoms with Gasteiger partial charge in [-0.05, 0) is 36.2 Å². The summed E-state index contributed by atoms with van der Waals surface area (Å²) in [4.78, 5) is 4.13. The van der Waals surface area contributed by atoms with Crippen LogP contribution in [0, 0.1) is 0 Å². The van der Waals surface area contributed by atoms with Crippen molar-refractivity contribution in [3.05, 3.63) is 53.2 Å². The van der Waals surface area contributed by atoms with Gasteiger partial charge in [0, 0.05) is 17.3 Å². The number of ether oxygens (including phenoxy) is 1. The maximum absolute atomic E-state index is 10.3. The number of hydrogen-bond acceptors (Lipinski definition) is 3. The predicted molar refractivity (Wildman–Crippen MR) is 64.2 cm³/mol. The molecular formula is C14H13NO2. The summed E-state index contributed by atoms with van der Waals surface area (Å²) < 4.78 is 5.68. The molecule has 17 heavy (non-hydrogen) atoms. The first-order valence-electron chi connectivity index (χ1n) is 5.73. The normalized spacial score (nSPS) is 16.9. The van der Waals surface area contributed by atoms with Crippen LogP contribution in [-0.4, -0.2) is 10.1 Å². The third kappa shape index (κ3) is 1.59. The molecule has 86 valence electrons. The Balaban J connectivity index is 2.13. The predicted octanol–water partition coefficient (Wildman–Crippen LogP) is 2.83. The lowest BCUT2D eigenvalue weighted by Crippen LogP contribution is -2.11. The maximum atomic E-state index is 10.3. The summed E-state index contributed by atoms with van der Waals surface area (Å²) in [5.41, 5.74) is 2.75. The van der Waals surface area contributed by atoms with Crippen LogP contribution >= 0.6 is 0 Å². The number of rotatable bonds is 1. The minimum atomic E-state index is -0.644. The third-order valence-electron chi connectivity index (χ3n) is 3.08. The van der Waals surface area contributed by atoms with Gasteiger partial charge < -0.3 is 9.84 Å². The lowest BCUT2D eigenvalue weighted by atomic mass is 9.97. The van der Waals surface area contributed by atoms with Crippen LogP contribution in [-0.2, 0) is 6.42 Å². The summed E-state index contributed by atoms with van der Waals surface area (Å²) in [6.45, 7) is 2.09. The summed E-state index contributed by atoms with van der Waals surface area (Å²) in [7, 11) is 0. The summed E-state index contributed by atoms with van der Waals surface area (Å²) in [6.07, 6.45) is 1.96. The fourth-order valence-electron chi connectivity index (χ4n) is 2.09. The molecular weight excluding hydrogens is 214 g/mol. The second-order valence-corrected chi connectivity index (χ2v) is 4.13. The minimum absolute atomic E-state index is 0.497. The van der Waals surface area contributed by atoms with Gasteiger partial charge in [-0.3, -0.25) is 0 Å². The Morgan fingerprint density at radius 3 is 3.00 bits per heavy atom. The maximum Gasteiger partial charge on any atom is 0.225 e. The van der Waals surface area contributed by atoms with Gasteiger partial charge in [-0.25, -0.2) is 4.98 Å². The number of aliphatic hydroxyl groups is 1. The van der Waals surface area contributed by atoms with Gasteiger partial charge in [0.15, 0.2) is 0 Å². The first kappa shape index (κ1) is 10.3. The third-order valence-corrected chi connectivity index (χ3v) is 3.08. The van der Waals surface area contributed by atoms with Crippen molar-refractivity contribution in [3.8, 4) is 11.6 Å². The van der Waals surface area contributed by atoms with Gasteiger partial charge in [0.1, 0.15) is 11.9 Å². The van der Waals surface area contributed by atoms with Gasteiger partial charge in [0.05, 0.1) is 0 Å². The number of nitrogens with zero attached hydrogens (tertiary/aromatic N) is 1. The second-order valence-electron chi connectivity index (χ2n) is 4.13. The molecule has 0 fully saturated rings. The molecule has 3 heteroatoms. The van der Waals surface area contributed by atoms with E-state index in [1.165, 1.54) is 5.56 Å². The topological polar surface area (TPSA) is 42.4 Å². The molecule has 0 aliphatic carbocycles. The standard InChI is InChI=1S/C14H13NO2/c1-2-9-5-6-12-11(8-9)13(16)10-4-3-7-15-14(10)17-12/h3-8,13,16H,2H2,1H3. The molecule has 1 aliphatic rings. The number of benzene rings is 1. The summed E-state index contributed by atoms with van der Waals surface area (Å²) in [5.74, 6) is 1.19. The number of aliphatic hydroxyl groups excluding tert-OH is 1. The SMILES string of the molecule is CCc1ccc2c(c1)C(O)c1cccnc1O2. The highest BCUT2D eigenvalue weighted by atomic mass is 16.5. The van der Waals surface area contributed by atoms with Crippen molar-refractivity contribution < 1.29 is 9.84 Å². The molecule has 0 radical (unpaired) electrons. The van der Waals surface area contributed by atoms with Crippen LogP contribution in [0.15, 0.2) is 36.5 Å². The lowest BCUT2D eigenvalue weighted by Gasteiger charge is -2.24. The van der Waals surface area contributed by atoms with E-state index in [0.717, 1.165) is 17.5 Å². The van der Waals surface area contributed by atoms with Crippen molar-refractivity contribution in [3.63, 3.8) is 0 Å². The van der Waals surface area contributed by atoms with Crippen LogP contribution in [0.25, 0.3) is 0 Å². The molecule has 3 rings (SSSR count). The summed E-state index contributed by atoms with van der Waals surface area (Å²) in [6, 6.07) is 9.55. The second kappa shape index (κ2) is 3.86. The van der Waals surface area contributed by atoms with E-state index in [2.05, 4.69) is 11.9 Å². The molecule has 2 heterocycles. The Hall–Kier alpha value is -1.87. The minimum Gasteiger partial charge on any atom is -0.438 e. The van der Waals surface area contributed by atoms with Crippen molar-refractivity contribution in [1.82, 2.24) is 4.98 Å². The molecule has 0 saturated heterocycles. The van der Waals surface area contributed by atoms with Crippen molar-refractivity contribution in [2.75, 3.05) is 0 Å². The van der Waals surface area contributed by atoms with E-state index in [0.29, 0.717) is 11.6 Å². The van der Waals surface area contributed by atoms with Crippen molar-refractivity contribution in [2.24, 2.45) is 0 Å². The van der Waals surface area contributed by atoms with Crippen LogP contribution in [0.3, 0.4) is 0 Å². The van der Waals surface area contributed by atoms with Gasteiger partial charge in [0.25, 0.3) is 0 Å². The Labute approximate surface area is 99.7 Å². The molecule has 1 N–H and O–H groups in total. The first-order valence-corrected chi connectivity index (χ1v) is 5.73. The average Bonchev–Trinajstić information content (AvgIpc) is 2.39. The monoisotopic (exact) mass is 227 g/mol. The highest BCUT2D eigenvalue weighted by Gasteiger charge is 2.26. The van der Waals surface area contributed by atoms with E-state index in [1.807, 2.05) is 24.3 Å². The molecule has 1 atom stereocenters. The highest BCUT2D eigenvalue weighted by Crippen LogP contribution is 2.41. The zero-order chi connectivity index (χ0) is 11.8. The molecule has 0 bridgehead atoms. The molecule has 3 nitrogen and oxygen atoms in total. The van der Waals surface area contributed by atoms with Crippen molar-refractivity contribution in [2.45, 2.75) is 19.4 Å². The van der Waals surface area contributed by atoms with E-state index in [-0.39, 0.29) is 0 Å². The molecule has 0 spiro atoms. The fourth-order valence-corrected chi connectivity index (χ4v) is 2.09. The largest absolute Gasteiger partial charge is 0.438 e. The number of aromatic nitrogens is 1. The number of fused-ring (bicyclic) bond motifs is 2. The van der Waals surface area contributed by atoms with Gasteiger partial charge in [0.2, 0.25) is 5.88 Å². The van der Waals surface area contributed by atoms with Crippen LogP contribution in [0.5, 0.6) is 11.6 Å². The molecule has 1 unspecified atom stereocenters. The van der Waals surface area contributed by atoms with E-state index < -0.39 is 6.10 Å². The number of pyridine rings is 1. The Bertz CT molecular complexity index is 566. The van der Waals surface area contributed by atoms with E-state index in [1.54, 1.807) is 12.3 Å². The van der Waals surface area contributed by atoms with Crippen LogP contribution in [0.2, 0.25) is 0 Å². The molecule has 0 amide bonds. The smallest absolute Gasteiger partial charge is 0.225 e. The summed E-state index contributed by atoms with van der Waals surface area (Å²) >= 11 is 0. The quantitative estimate of drug-likeness (QED) is 0.814. The molecule has 1 aliphatic heterocycles. The van der Waals surface area contributed by atoms with Gasteiger partial charge in [-0.1, -0.05) is 13.0 Å². The van der Waals surface area contributed by atoms with Crippen molar-refractivity contribution in [1.29, 1.82) is 0 Å². The lowest BCUT2D eigenvalue weighted by molar-refractivity contribution is 0.201.